The first kappa shape index (κ1) is 16.8. The highest BCUT2D eigenvalue weighted by Crippen LogP contribution is 2.38. The Morgan fingerprint density at radius 2 is 1.83 bits per heavy atom. The molecule has 1 fully saturated rings. The van der Waals surface area contributed by atoms with Crippen molar-refractivity contribution >= 4 is 13.2 Å². The van der Waals surface area contributed by atoms with Crippen LogP contribution in [-0.2, 0) is 9.31 Å². The predicted octanol–water partition coefficient (Wildman–Crippen LogP) is 1.67. The maximum atomic E-state index is 9.71. The maximum Gasteiger partial charge on any atom is 0.492 e. The molecule has 0 amide bonds. The van der Waals surface area contributed by atoms with Crippen LogP contribution < -0.4 is 0 Å². The van der Waals surface area contributed by atoms with E-state index in [2.05, 4.69) is 15.0 Å². The van der Waals surface area contributed by atoms with Crippen LogP contribution in [0.5, 0.6) is 0 Å². The minimum absolute atomic E-state index is 0.167. The van der Waals surface area contributed by atoms with E-state index >= 15 is 0 Å². The van der Waals surface area contributed by atoms with Crippen molar-refractivity contribution in [3.05, 3.63) is 42.2 Å². The number of hydrogen-bond donors (Lipinski definition) is 1. The molecule has 0 aromatic carbocycles. The standard InChI is InChI=1S/C16H21BN4O3/c1-15(2)16(3,4)24-17(23-15)13(10-22)7-12-8-19-14(20-9-12)21-6-5-18-11-21/h5-9,11,22H,10H2,1-4H3. The largest absolute Gasteiger partial charge is 0.492 e. The van der Waals surface area contributed by atoms with Gasteiger partial charge in [0.2, 0.25) is 5.95 Å². The molecule has 3 rings (SSSR count). The van der Waals surface area contributed by atoms with E-state index in [-0.39, 0.29) is 6.61 Å². The van der Waals surface area contributed by atoms with Crippen molar-refractivity contribution in [2.75, 3.05) is 6.61 Å². The third-order valence-electron chi connectivity index (χ3n) is 4.48. The Bertz CT molecular complexity index is 710. The molecule has 0 aliphatic carbocycles. The number of nitrogens with zero attached hydrogens (tertiary/aromatic N) is 4. The van der Waals surface area contributed by atoms with Gasteiger partial charge in [-0.1, -0.05) is 6.08 Å². The summed E-state index contributed by atoms with van der Waals surface area (Å²) in [4.78, 5) is 12.6. The molecule has 1 N–H and O–H groups in total. The molecule has 2 aromatic heterocycles. The Morgan fingerprint density at radius 1 is 1.21 bits per heavy atom. The molecule has 2 aromatic rings. The monoisotopic (exact) mass is 328 g/mol. The molecule has 0 atom stereocenters. The first-order chi connectivity index (χ1) is 11.3. The second-order valence-corrected chi connectivity index (χ2v) is 6.75. The summed E-state index contributed by atoms with van der Waals surface area (Å²) in [6.07, 6.45) is 10.2. The van der Waals surface area contributed by atoms with Crippen LogP contribution in [-0.4, -0.2) is 49.6 Å². The van der Waals surface area contributed by atoms with Crippen molar-refractivity contribution in [3.8, 4) is 5.95 Å². The second-order valence-electron chi connectivity index (χ2n) is 6.75. The average molecular weight is 328 g/mol. The fraction of sp³-hybridized carbons (Fsp3) is 0.438. The highest BCUT2D eigenvalue weighted by molar-refractivity contribution is 6.55. The lowest BCUT2D eigenvalue weighted by atomic mass is 9.78. The van der Waals surface area contributed by atoms with Crippen LogP contribution >= 0.6 is 0 Å². The van der Waals surface area contributed by atoms with E-state index in [9.17, 15) is 5.11 Å². The van der Waals surface area contributed by atoms with Crippen LogP contribution in [0.3, 0.4) is 0 Å². The lowest BCUT2D eigenvalue weighted by Crippen LogP contribution is -2.41. The third kappa shape index (κ3) is 3.12. The van der Waals surface area contributed by atoms with Gasteiger partial charge in [-0.15, -0.1) is 0 Å². The normalized spacial score (nSPS) is 19.7. The van der Waals surface area contributed by atoms with E-state index < -0.39 is 18.3 Å². The van der Waals surface area contributed by atoms with Gasteiger partial charge in [0, 0.05) is 30.4 Å². The summed E-state index contributed by atoms with van der Waals surface area (Å²) in [7, 11) is -0.590. The molecule has 24 heavy (non-hydrogen) atoms. The first-order valence-corrected chi connectivity index (χ1v) is 7.80. The summed E-state index contributed by atoms with van der Waals surface area (Å²) in [5.74, 6) is 0.533. The molecule has 0 saturated carbocycles. The van der Waals surface area contributed by atoms with E-state index in [4.69, 9.17) is 9.31 Å². The Kier molecular flexibility index (Phi) is 4.29. The number of aliphatic hydroxyl groups excluding tert-OH is 1. The fourth-order valence-corrected chi connectivity index (χ4v) is 2.31. The van der Waals surface area contributed by atoms with Crippen LogP contribution in [0.1, 0.15) is 33.3 Å². The Balaban J connectivity index is 1.81. The third-order valence-corrected chi connectivity index (χ3v) is 4.48. The van der Waals surface area contributed by atoms with E-state index in [1.165, 1.54) is 0 Å². The number of imidazole rings is 1. The van der Waals surface area contributed by atoms with E-state index in [0.29, 0.717) is 11.4 Å². The van der Waals surface area contributed by atoms with Crippen LogP contribution in [0.25, 0.3) is 12.0 Å². The maximum absolute atomic E-state index is 9.71. The zero-order valence-corrected chi connectivity index (χ0v) is 14.3. The van der Waals surface area contributed by atoms with Crippen LogP contribution in [0.2, 0.25) is 0 Å². The van der Waals surface area contributed by atoms with Crippen molar-refractivity contribution < 1.29 is 14.4 Å². The Hall–Kier alpha value is -2.03. The molecule has 8 heteroatoms. The van der Waals surface area contributed by atoms with Crippen LogP contribution in [0.4, 0.5) is 0 Å². The Morgan fingerprint density at radius 3 is 2.33 bits per heavy atom. The summed E-state index contributed by atoms with van der Waals surface area (Å²) in [6, 6.07) is 0. The average Bonchev–Trinajstić information content (AvgIpc) is 3.12. The molecule has 0 unspecified atom stereocenters. The van der Waals surface area contributed by atoms with Gasteiger partial charge in [-0.05, 0) is 33.2 Å². The van der Waals surface area contributed by atoms with Crippen molar-refractivity contribution in [3.63, 3.8) is 0 Å². The van der Waals surface area contributed by atoms with Gasteiger partial charge >= 0.3 is 7.12 Å². The van der Waals surface area contributed by atoms with E-state index in [1.807, 2.05) is 27.7 Å². The van der Waals surface area contributed by atoms with Crippen LogP contribution in [0.15, 0.2) is 36.6 Å². The zero-order chi connectivity index (χ0) is 17.4. The first-order valence-electron chi connectivity index (χ1n) is 7.80. The van der Waals surface area contributed by atoms with E-state index in [1.54, 1.807) is 41.8 Å². The number of hydrogen-bond acceptors (Lipinski definition) is 6. The topological polar surface area (TPSA) is 82.3 Å². The van der Waals surface area contributed by atoms with Gasteiger partial charge in [-0.3, -0.25) is 4.57 Å². The molecule has 1 saturated heterocycles. The van der Waals surface area contributed by atoms with Gasteiger partial charge < -0.3 is 14.4 Å². The van der Waals surface area contributed by atoms with Crippen molar-refractivity contribution in [2.45, 2.75) is 38.9 Å². The lowest BCUT2D eigenvalue weighted by Gasteiger charge is -2.32. The van der Waals surface area contributed by atoms with Gasteiger partial charge in [0.05, 0.1) is 17.8 Å². The van der Waals surface area contributed by atoms with Gasteiger partial charge in [-0.25, -0.2) is 15.0 Å². The lowest BCUT2D eigenvalue weighted by molar-refractivity contribution is 0.00578. The minimum Gasteiger partial charge on any atom is -0.400 e. The SMILES string of the molecule is CC1(C)OB(C(=Cc2cnc(-n3ccnc3)nc2)CO)OC1(C)C. The van der Waals surface area contributed by atoms with E-state index in [0.717, 1.165) is 5.56 Å². The molecule has 3 heterocycles. The number of rotatable bonds is 4. The molecule has 0 spiro atoms. The summed E-state index contributed by atoms with van der Waals surface area (Å²) in [5, 5.41) is 9.71. The van der Waals surface area contributed by atoms with Crippen LogP contribution in [0, 0.1) is 0 Å². The number of aromatic nitrogens is 4. The molecular weight excluding hydrogens is 307 g/mol. The van der Waals surface area contributed by atoms with Crippen molar-refractivity contribution in [1.29, 1.82) is 0 Å². The van der Waals surface area contributed by atoms with Crippen molar-refractivity contribution in [1.82, 2.24) is 19.5 Å². The number of aliphatic hydroxyl groups is 1. The molecule has 0 radical (unpaired) electrons. The summed E-state index contributed by atoms with van der Waals surface area (Å²) < 4.78 is 13.7. The highest BCUT2D eigenvalue weighted by atomic mass is 16.7. The van der Waals surface area contributed by atoms with Crippen molar-refractivity contribution in [2.24, 2.45) is 0 Å². The smallest absolute Gasteiger partial charge is 0.400 e. The molecule has 1 aliphatic heterocycles. The molecule has 126 valence electrons. The quantitative estimate of drug-likeness (QED) is 0.860. The van der Waals surface area contributed by atoms with Gasteiger partial charge in [0.15, 0.2) is 0 Å². The predicted molar refractivity (Wildman–Crippen MR) is 90.3 cm³/mol. The summed E-state index contributed by atoms with van der Waals surface area (Å²) in [5.41, 5.74) is 0.492. The molecule has 0 bridgehead atoms. The van der Waals surface area contributed by atoms with Gasteiger partial charge in [0.25, 0.3) is 0 Å². The van der Waals surface area contributed by atoms with Gasteiger partial charge in [-0.2, -0.15) is 0 Å². The summed E-state index contributed by atoms with van der Waals surface area (Å²) in [6.45, 7) is 7.74. The Labute approximate surface area is 141 Å². The summed E-state index contributed by atoms with van der Waals surface area (Å²) >= 11 is 0. The zero-order valence-electron chi connectivity index (χ0n) is 14.3. The fourth-order valence-electron chi connectivity index (χ4n) is 2.31. The molecule has 1 aliphatic rings. The highest BCUT2D eigenvalue weighted by Gasteiger charge is 2.52. The molecular formula is C16H21BN4O3. The molecule has 7 nitrogen and oxygen atoms in total. The second kappa shape index (κ2) is 6.12. The van der Waals surface area contributed by atoms with Gasteiger partial charge in [0.1, 0.15) is 6.33 Å². The minimum atomic E-state index is -0.590.